The normalized spacial score (nSPS) is 47.6. The summed E-state index contributed by atoms with van der Waals surface area (Å²) in [5, 5.41) is 9.01. The van der Waals surface area contributed by atoms with E-state index in [1.165, 1.54) is 6.42 Å². The summed E-state index contributed by atoms with van der Waals surface area (Å²) in [4.78, 5) is 0. The van der Waals surface area contributed by atoms with Gasteiger partial charge in [-0.05, 0) is 25.7 Å². The van der Waals surface area contributed by atoms with Gasteiger partial charge in [-0.25, -0.2) is 0 Å². The molecule has 0 aromatic carbocycles. The van der Waals surface area contributed by atoms with E-state index in [0.717, 1.165) is 19.3 Å². The highest BCUT2D eigenvalue weighted by Crippen LogP contribution is 2.49. The van der Waals surface area contributed by atoms with E-state index in [2.05, 4.69) is 13.0 Å². The number of nitriles is 1. The predicted molar refractivity (Wildman–Crippen MR) is 40.8 cm³/mol. The van der Waals surface area contributed by atoms with Gasteiger partial charge in [0.05, 0.1) is 23.7 Å². The van der Waals surface area contributed by atoms with Crippen molar-refractivity contribution in [3.63, 3.8) is 0 Å². The monoisotopic (exact) mass is 151 g/mol. The van der Waals surface area contributed by atoms with Gasteiger partial charge in [0.1, 0.15) is 0 Å². The number of hydrogen-bond donors (Lipinski definition) is 0. The van der Waals surface area contributed by atoms with Crippen LogP contribution < -0.4 is 0 Å². The lowest BCUT2D eigenvalue weighted by atomic mass is 9.73. The molecule has 2 bridgehead atoms. The minimum absolute atomic E-state index is 0.122. The van der Waals surface area contributed by atoms with Crippen LogP contribution >= 0.6 is 0 Å². The maximum atomic E-state index is 9.01. The fourth-order valence-corrected chi connectivity index (χ4v) is 2.37. The number of rotatable bonds is 1. The maximum Gasteiger partial charge on any atom is 0.0857 e. The van der Waals surface area contributed by atoms with Crippen molar-refractivity contribution in [1.29, 1.82) is 5.26 Å². The van der Waals surface area contributed by atoms with E-state index in [4.69, 9.17) is 10.00 Å². The van der Waals surface area contributed by atoms with Crippen LogP contribution in [-0.2, 0) is 4.74 Å². The molecule has 0 saturated carbocycles. The average molecular weight is 151 g/mol. The fourth-order valence-electron chi connectivity index (χ4n) is 2.37. The smallest absolute Gasteiger partial charge is 0.0857 e. The van der Waals surface area contributed by atoms with Crippen LogP contribution in [0.2, 0.25) is 0 Å². The molecule has 0 aliphatic carbocycles. The Labute approximate surface area is 67.2 Å². The summed E-state index contributed by atoms with van der Waals surface area (Å²) < 4.78 is 5.65. The van der Waals surface area contributed by atoms with Gasteiger partial charge < -0.3 is 4.74 Å². The average Bonchev–Trinajstić information content (AvgIpc) is 2.62. The quantitative estimate of drug-likeness (QED) is 0.573. The van der Waals surface area contributed by atoms with Crippen molar-refractivity contribution in [1.82, 2.24) is 0 Å². The highest BCUT2D eigenvalue weighted by Gasteiger charge is 2.51. The van der Waals surface area contributed by atoms with Crippen molar-refractivity contribution >= 4 is 0 Å². The van der Waals surface area contributed by atoms with Gasteiger partial charge >= 0.3 is 0 Å². The molecule has 0 amide bonds. The van der Waals surface area contributed by atoms with Crippen LogP contribution in [0, 0.1) is 16.7 Å². The summed E-state index contributed by atoms with van der Waals surface area (Å²) in [6, 6.07) is 2.43. The van der Waals surface area contributed by atoms with Crippen molar-refractivity contribution in [2.24, 2.45) is 5.41 Å². The molecule has 11 heavy (non-hydrogen) atoms. The molecule has 0 aromatic heterocycles. The highest BCUT2D eigenvalue weighted by molar-refractivity contribution is 5.11. The third-order valence-electron chi connectivity index (χ3n) is 3.17. The molecule has 2 aliphatic heterocycles. The van der Waals surface area contributed by atoms with Gasteiger partial charge in [0.25, 0.3) is 0 Å². The van der Waals surface area contributed by atoms with E-state index in [-0.39, 0.29) is 11.5 Å². The molecule has 2 heteroatoms. The Balaban J connectivity index is 2.22. The summed E-state index contributed by atoms with van der Waals surface area (Å²) in [7, 11) is 0. The minimum Gasteiger partial charge on any atom is -0.373 e. The second-order valence-corrected chi connectivity index (χ2v) is 3.65. The second kappa shape index (κ2) is 2.22. The van der Waals surface area contributed by atoms with Crippen LogP contribution in [0.4, 0.5) is 0 Å². The zero-order valence-electron chi connectivity index (χ0n) is 6.84. The molecule has 0 N–H and O–H groups in total. The molecule has 0 radical (unpaired) electrons. The number of hydrogen-bond acceptors (Lipinski definition) is 2. The summed E-state index contributed by atoms with van der Waals surface area (Å²) in [5.74, 6) is 0. The Morgan fingerprint density at radius 3 is 2.73 bits per heavy atom. The van der Waals surface area contributed by atoms with Crippen LogP contribution in [-0.4, -0.2) is 12.2 Å². The fraction of sp³-hybridized carbons (Fsp3) is 0.889. The van der Waals surface area contributed by atoms with E-state index >= 15 is 0 Å². The first-order chi connectivity index (χ1) is 5.30. The number of nitrogens with zero attached hydrogens (tertiary/aromatic N) is 1. The van der Waals surface area contributed by atoms with Crippen LogP contribution in [0.25, 0.3) is 0 Å². The zero-order chi connectivity index (χ0) is 7.90. The molecule has 0 spiro atoms. The first-order valence-electron chi connectivity index (χ1n) is 4.37. The van der Waals surface area contributed by atoms with Gasteiger partial charge in [0.2, 0.25) is 0 Å². The van der Waals surface area contributed by atoms with Gasteiger partial charge in [-0.1, -0.05) is 6.92 Å². The molecule has 2 fully saturated rings. The Kier molecular flexibility index (Phi) is 1.43. The van der Waals surface area contributed by atoms with Gasteiger partial charge in [0, 0.05) is 0 Å². The highest BCUT2D eigenvalue weighted by atomic mass is 16.5. The summed E-state index contributed by atoms with van der Waals surface area (Å²) in [6.45, 7) is 2.09. The molecule has 0 aromatic rings. The summed E-state index contributed by atoms with van der Waals surface area (Å²) >= 11 is 0. The Morgan fingerprint density at radius 2 is 2.45 bits per heavy atom. The zero-order valence-corrected chi connectivity index (χ0v) is 6.84. The Bertz CT molecular complexity index is 208. The van der Waals surface area contributed by atoms with E-state index < -0.39 is 0 Å². The Morgan fingerprint density at radius 1 is 1.64 bits per heavy atom. The number of ether oxygens (including phenoxy) is 1. The molecular formula is C9H13NO. The SMILES string of the molecule is CCC1(C#N)CC2CCC1O2. The standard InChI is InChI=1S/C9H13NO/c1-2-9(6-10)5-7-3-4-8(9)11-7/h7-8H,2-5H2,1H3. The van der Waals surface area contributed by atoms with Crippen LogP contribution in [0.5, 0.6) is 0 Å². The topological polar surface area (TPSA) is 33.0 Å². The summed E-state index contributed by atoms with van der Waals surface area (Å²) in [5.41, 5.74) is -0.122. The predicted octanol–water partition coefficient (Wildman–Crippen LogP) is 1.86. The molecule has 2 heterocycles. The van der Waals surface area contributed by atoms with Gasteiger partial charge in [-0.3, -0.25) is 0 Å². The lowest BCUT2D eigenvalue weighted by Gasteiger charge is -2.26. The second-order valence-electron chi connectivity index (χ2n) is 3.65. The molecule has 3 unspecified atom stereocenters. The van der Waals surface area contributed by atoms with E-state index in [1.54, 1.807) is 0 Å². The third-order valence-corrected chi connectivity index (χ3v) is 3.17. The molecular weight excluding hydrogens is 138 g/mol. The van der Waals surface area contributed by atoms with Crippen molar-refractivity contribution < 1.29 is 4.74 Å². The molecule has 2 aliphatic rings. The third kappa shape index (κ3) is 0.810. The van der Waals surface area contributed by atoms with E-state index in [1.807, 2.05) is 0 Å². The maximum absolute atomic E-state index is 9.01. The molecule has 2 rings (SSSR count). The first kappa shape index (κ1) is 7.12. The lowest BCUT2D eigenvalue weighted by Crippen LogP contribution is -2.29. The van der Waals surface area contributed by atoms with Crippen molar-refractivity contribution in [2.45, 2.75) is 44.8 Å². The lowest BCUT2D eigenvalue weighted by molar-refractivity contribution is 0.0777. The van der Waals surface area contributed by atoms with Crippen LogP contribution in [0.1, 0.15) is 32.6 Å². The minimum atomic E-state index is -0.122. The van der Waals surface area contributed by atoms with Crippen LogP contribution in [0.15, 0.2) is 0 Å². The molecule has 3 atom stereocenters. The molecule has 2 saturated heterocycles. The van der Waals surface area contributed by atoms with Crippen molar-refractivity contribution in [3.05, 3.63) is 0 Å². The van der Waals surface area contributed by atoms with E-state index in [9.17, 15) is 0 Å². The Hall–Kier alpha value is -0.550. The van der Waals surface area contributed by atoms with Gasteiger partial charge in [-0.2, -0.15) is 5.26 Å². The first-order valence-corrected chi connectivity index (χ1v) is 4.37. The van der Waals surface area contributed by atoms with E-state index in [0.29, 0.717) is 6.10 Å². The molecule has 60 valence electrons. The largest absolute Gasteiger partial charge is 0.373 e. The van der Waals surface area contributed by atoms with Crippen LogP contribution in [0.3, 0.4) is 0 Å². The van der Waals surface area contributed by atoms with Gasteiger partial charge in [0.15, 0.2) is 0 Å². The van der Waals surface area contributed by atoms with Gasteiger partial charge in [-0.15, -0.1) is 0 Å². The summed E-state index contributed by atoms with van der Waals surface area (Å²) in [6.07, 6.45) is 4.86. The number of fused-ring (bicyclic) bond motifs is 2. The molecule has 2 nitrogen and oxygen atoms in total. The van der Waals surface area contributed by atoms with Crippen molar-refractivity contribution in [2.75, 3.05) is 0 Å². The van der Waals surface area contributed by atoms with Crippen molar-refractivity contribution in [3.8, 4) is 6.07 Å².